The van der Waals surface area contributed by atoms with E-state index < -0.39 is 10.0 Å². The molecule has 8 nitrogen and oxygen atoms in total. The molecule has 1 saturated heterocycles. The van der Waals surface area contributed by atoms with Crippen LogP contribution in [-0.2, 0) is 23.7 Å². The summed E-state index contributed by atoms with van der Waals surface area (Å²) in [5, 5.41) is 13.4. The van der Waals surface area contributed by atoms with Crippen LogP contribution in [0.15, 0.2) is 53.4 Å². The van der Waals surface area contributed by atoms with Crippen LogP contribution < -0.4 is 0 Å². The molecule has 3 aromatic rings. The Balaban J connectivity index is 1.46. The summed E-state index contributed by atoms with van der Waals surface area (Å²) < 4.78 is 45.2. The largest absolute Gasteiger partial charge is 0.303 e. The molecule has 1 fully saturated rings. The van der Waals surface area contributed by atoms with Gasteiger partial charge in [0.2, 0.25) is 10.0 Å². The van der Waals surface area contributed by atoms with Gasteiger partial charge in [-0.15, -0.1) is 0 Å². The lowest BCUT2D eigenvalue weighted by molar-refractivity contribution is 0.144. The molecule has 2 heterocycles. The van der Waals surface area contributed by atoms with Crippen LogP contribution in [0.25, 0.3) is 11.4 Å². The summed E-state index contributed by atoms with van der Waals surface area (Å²) in [7, 11) is -1.88. The zero-order chi connectivity index (χ0) is 22.9. The average Bonchev–Trinajstić information content (AvgIpc) is 3.08. The highest BCUT2D eigenvalue weighted by molar-refractivity contribution is 7.89. The summed E-state index contributed by atoms with van der Waals surface area (Å²) in [6.07, 6.45) is 0. The first-order chi connectivity index (χ1) is 15.3. The number of piperazine rings is 1. The second kappa shape index (κ2) is 8.91. The Morgan fingerprint density at radius 1 is 1.09 bits per heavy atom. The van der Waals surface area contributed by atoms with Gasteiger partial charge in [-0.25, -0.2) is 17.5 Å². The molecule has 0 saturated carbocycles. The number of nitriles is 1. The summed E-state index contributed by atoms with van der Waals surface area (Å²) in [5.41, 5.74) is 0.786. The molecule has 0 radical (unpaired) electrons. The third kappa shape index (κ3) is 4.22. The Bertz CT molecular complexity index is 1330. The highest BCUT2D eigenvalue weighted by Gasteiger charge is 2.29. The Morgan fingerprint density at radius 2 is 1.75 bits per heavy atom. The second-order valence-electron chi connectivity index (χ2n) is 7.44. The van der Waals surface area contributed by atoms with Crippen LogP contribution in [0.4, 0.5) is 4.39 Å². The number of sulfonamides is 1. The van der Waals surface area contributed by atoms with Gasteiger partial charge in [0.05, 0.1) is 28.8 Å². The fourth-order valence-corrected chi connectivity index (χ4v) is 5.22. The van der Waals surface area contributed by atoms with E-state index in [2.05, 4.69) is 10.00 Å². The molecule has 166 valence electrons. The summed E-state index contributed by atoms with van der Waals surface area (Å²) in [6, 6.07) is 14.3. The molecule has 0 spiro atoms. The normalized spacial score (nSPS) is 15.5. The third-order valence-corrected chi connectivity index (χ3v) is 7.84. The van der Waals surface area contributed by atoms with Gasteiger partial charge < -0.3 is 4.57 Å². The van der Waals surface area contributed by atoms with Crippen LogP contribution in [0.3, 0.4) is 0 Å². The van der Waals surface area contributed by atoms with E-state index in [0.717, 1.165) is 0 Å². The van der Waals surface area contributed by atoms with Crippen molar-refractivity contribution in [2.45, 2.75) is 11.6 Å². The molecule has 0 atom stereocenters. The predicted octanol–water partition coefficient (Wildman–Crippen LogP) is 2.59. The maximum Gasteiger partial charge on any atom is 0.243 e. The van der Waals surface area contributed by atoms with Crippen molar-refractivity contribution >= 4 is 22.2 Å². The van der Waals surface area contributed by atoms with Crippen molar-refractivity contribution < 1.29 is 12.8 Å². The molecule has 0 bridgehead atoms. The number of hydrogen-bond acceptors (Lipinski definition) is 6. The molecule has 0 amide bonds. The van der Waals surface area contributed by atoms with Crippen molar-refractivity contribution in [1.29, 1.82) is 5.26 Å². The average molecular weight is 473 g/mol. The smallest absolute Gasteiger partial charge is 0.243 e. The molecule has 1 aliphatic heterocycles. The van der Waals surface area contributed by atoms with Crippen LogP contribution in [0.5, 0.6) is 0 Å². The number of hydrogen-bond donors (Lipinski definition) is 0. The Kier molecular flexibility index (Phi) is 6.21. The van der Waals surface area contributed by atoms with Gasteiger partial charge in [0.1, 0.15) is 5.82 Å². The van der Waals surface area contributed by atoms with Crippen molar-refractivity contribution in [3.05, 3.63) is 64.7 Å². The van der Waals surface area contributed by atoms with Crippen LogP contribution >= 0.6 is 12.2 Å². The molecule has 1 aliphatic rings. The lowest BCUT2D eigenvalue weighted by Crippen LogP contribution is -2.48. The summed E-state index contributed by atoms with van der Waals surface area (Å²) >= 11 is 5.48. The zero-order valence-electron chi connectivity index (χ0n) is 17.3. The first kappa shape index (κ1) is 22.3. The molecular formula is C21H21FN6O2S2. The minimum Gasteiger partial charge on any atom is -0.303 e. The fraction of sp³-hybridized carbons (Fsp3) is 0.286. The maximum absolute atomic E-state index is 14.2. The van der Waals surface area contributed by atoms with Crippen LogP contribution in [0.2, 0.25) is 0 Å². The highest BCUT2D eigenvalue weighted by atomic mass is 32.2. The molecule has 1 aromatic heterocycles. The molecular weight excluding hydrogens is 451 g/mol. The highest BCUT2D eigenvalue weighted by Crippen LogP contribution is 2.22. The van der Waals surface area contributed by atoms with Gasteiger partial charge in [0, 0.05) is 33.2 Å². The molecule has 0 aliphatic carbocycles. The zero-order valence-corrected chi connectivity index (χ0v) is 19.0. The molecule has 2 aromatic carbocycles. The second-order valence-corrected chi connectivity index (χ2v) is 9.75. The monoisotopic (exact) mass is 472 g/mol. The summed E-state index contributed by atoms with van der Waals surface area (Å²) in [5.74, 6) is 0.0690. The third-order valence-electron chi connectivity index (χ3n) is 5.44. The number of halogens is 1. The van der Waals surface area contributed by atoms with E-state index in [1.165, 1.54) is 34.6 Å². The molecule has 11 heteroatoms. The van der Waals surface area contributed by atoms with Crippen molar-refractivity contribution in [3.63, 3.8) is 0 Å². The topological polar surface area (TPSA) is 87.2 Å². The molecule has 32 heavy (non-hydrogen) atoms. The van der Waals surface area contributed by atoms with E-state index in [-0.39, 0.29) is 10.7 Å². The van der Waals surface area contributed by atoms with Crippen molar-refractivity contribution in [1.82, 2.24) is 23.6 Å². The van der Waals surface area contributed by atoms with E-state index in [9.17, 15) is 12.8 Å². The van der Waals surface area contributed by atoms with Crippen LogP contribution in [0.1, 0.15) is 5.56 Å². The lowest BCUT2D eigenvalue weighted by atomic mass is 10.2. The Morgan fingerprint density at radius 3 is 2.38 bits per heavy atom. The molecule has 0 unspecified atom stereocenters. The fourth-order valence-electron chi connectivity index (χ4n) is 3.61. The van der Waals surface area contributed by atoms with Gasteiger partial charge in [0.25, 0.3) is 0 Å². The van der Waals surface area contributed by atoms with Crippen LogP contribution in [0, 0.1) is 21.9 Å². The van der Waals surface area contributed by atoms with Gasteiger partial charge >= 0.3 is 0 Å². The minimum atomic E-state index is -3.63. The standard InChI is InChI=1S/C21H21FN6O2S2/c1-25-20(18-4-2-3-5-19(18)22)24-28(21(25)31)15-26-10-12-27(13-11-26)32(29,30)17-8-6-16(14-23)7-9-17/h2-9H,10-13,15H2,1H3. The van der Waals surface area contributed by atoms with E-state index >= 15 is 0 Å². The SMILES string of the molecule is Cn1c(-c2ccccc2F)nn(CN2CCN(S(=O)(=O)c3ccc(C#N)cc3)CC2)c1=S. The maximum atomic E-state index is 14.2. The number of benzene rings is 2. The van der Waals surface area contributed by atoms with Crippen molar-refractivity contribution in [2.75, 3.05) is 26.2 Å². The van der Waals surface area contributed by atoms with Gasteiger partial charge in [-0.1, -0.05) is 12.1 Å². The number of rotatable bonds is 5. The number of nitrogens with zero attached hydrogens (tertiary/aromatic N) is 6. The summed E-state index contributed by atoms with van der Waals surface area (Å²) in [6.45, 7) is 2.03. The molecule has 0 N–H and O–H groups in total. The van der Waals surface area contributed by atoms with E-state index in [4.69, 9.17) is 17.5 Å². The number of aromatic nitrogens is 3. The van der Waals surface area contributed by atoms with Crippen LogP contribution in [-0.4, -0.2) is 58.1 Å². The lowest BCUT2D eigenvalue weighted by Gasteiger charge is -2.33. The van der Waals surface area contributed by atoms with Crippen molar-refractivity contribution in [2.24, 2.45) is 7.05 Å². The quantitative estimate of drug-likeness (QED) is 0.531. The summed E-state index contributed by atoms with van der Waals surface area (Å²) in [4.78, 5) is 2.23. The van der Waals surface area contributed by atoms with E-state index in [0.29, 0.717) is 54.6 Å². The Hall–Kier alpha value is -2.91. The van der Waals surface area contributed by atoms with E-state index in [1.54, 1.807) is 34.5 Å². The van der Waals surface area contributed by atoms with Gasteiger partial charge in [-0.2, -0.15) is 14.7 Å². The molecule has 4 rings (SSSR count). The van der Waals surface area contributed by atoms with Gasteiger partial charge in [-0.3, -0.25) is 4.90 Å². The first-order valence-corrected chi connectivity index (χ1v) is 11.8. The van der Waals surface area contributed by atoms with Gasteiger partial charge in [0.15, 0.2) is 10.6 Å². The first-order valence-electron chi connectivity index (χ1n) is 9.92. The Labute approximate surface area is 190 Å². The predicted molar refractivity (Wildman–Crippen MR) is 119 cm³/mol. The minimum absolute atomic E-state index is 0.173. The van der Waals surface area contributed by atoms with E-state index in [1.807, 2.05) is 6.07 Å². The van der Waals surface area contributed by atoms with Gasteiger partial charge in [-0.05, 0) is 48.6 Å². The van der Waals surface area contributed by atoms with Crippen molar-refractivity contribution in [3.8, 4) is 17.5 Å².